The first-order valence-electron chi connectivity index (χ1n) is 12.6. The normalized spacial score (nSPS) is 14.0. The summed E-state index contributed by atoms with van der Waals surface area (Å²) in [5.74, 6) is 3.14. The van der Waals surface area contributed by atoms with Crippen molar-refractivity contribution in [3.8, 4) is 34.6 Å². The number of anilines is 1. The summed E-state index contributed by atoms with van der Waals surface area (Å²) in [6, 6.07) is 27.1. The maximum Gasteiger partial charge on any atom is 0.224 e. The second-order valence-corrected chi connectivity index (χ2v) is 8.91. The fourth-order valence-electron chi connectivity index (χ4n) is 4.35. The summed E-state index contributed by atoms with van der Waals surface area (Å²) in [7, 11) is 0. The molecule has 1 aliphatic heterocycles. The minimum Gasteiger partial charge on any atom is -0.484 e. The van der Waals surface area contributed by atoms with Crippen LogP contribution in [-0.2, 0) is 4.74 Å². The molecule has 0 amide bonds. The van der Waals surface area contributed by atoms with Crippen LogP contribution in [0.1, 0.15) is 23.1 Å². The van der Waals surface area contributed by atoms with Crippen LogP contribution >= 0.6 is 0 Å². The van der Waals surface area contributed by atoms with Gasteiger partial charge < -0.3 is 24.8 Å². The molecule has 3 aromatic carbocycles. The molecule has 8 heteroatoms. The van der Waals surface area contributed by atoms with Crippen molar-refractivity contribution in [2.75, 3.05) is 37.7 Å². The molecule has 0 aliphatic carbocycles. The Morgan fingerprint density at radius 1 is 1.00 bits per heavy atom. The van der Waals surface area contributed by atoms with Crippen molar-refractivity contribution >= 4 is 5.82 Å². The number of rotatable bonds is 8. The molecular weight excluding hydrogens is 478 g/mol. The van der Waals surface area contributed by atoms with Crippen molar-refractivity contribution in [2.45, 2.75) is 13.0 Å². The lowest BCUT2D eigenvalue weighted by Crippen LogP contribution is -2.36. The molecule has 8 nitrogen and oxygen atoms in total. The SMILES string of the molecule is Cc1nc(Oc2cc(C#N)ccc2-c2ccc(C(CN)Oc3ccccc3)cc2)cc(N2CCOCC2)n1. The molecule has 0 saturated carbocycles. The van der Waals surface area contributed by atoms with Crippen molar-refractivity contribution in [2.24, 2.45) is 5.73 Å². The van der Waals surface area contributed by atoms with E-state index in [1.807, 2.05) is 73.7 Å². The Morgan fingerprint density at radius 2 is 1.76 bits per heavy atom. The lowest BCUT2D eigenvalue weighted by Gasteiger charge is -2.28. The van der Waals surface area contributed by atoms with Gasteiger partial charge in [0.25, 0.3) is 0 Å². The zero-order valence-corrected chi connectivity index (χ0v) is 21.2. The van der Waals surface area contributed by atoms with E-state index in [1.165, 1.54) is 0 Å². The monoisotopic (exact) mass is 507 g/mol. The van der Waals surface area contributed by atoms with Crippen molar-refractivity contribution < 1.29 is 14.2 Å². The number of hydrogen-bond acceptors (Lipinski definition) is 8. The fourth-order valence-corrected chi connectivity index (χ4v) is 4.35. The number of nitriles is 1. The number of benzene rings is 3. The maximum absolute atomic E-state index is 9.52. The van der Waals surface area contributed by atoms with Crippen LogP contribution in [0, 0.1) is 18.3 Å². The molecule has 0 spiro atoms. The van der Waals surface area contributed by atoms with Crippen molar-refractivity contribution in [3.63, 3.8) is 0 Å². The first-order valence-corrected chi connectivity index (χ1v) is 12.6. The highest BCUT2D eigenvalue weighted by Gasteiger charge is 2.17. The number of morpholine rings is 1. The van der Waals surface area contributed by atoms with Crippen molar-refractivity contribution in [1.82, 2.24) is 9.97 Å². The summed E-state index contributed by atoms with van der Waals surface area (Å²) in [4.78, 5) is 11.2. The molecule has 38 heavy (non-hydrogen) atoms. The molecule has 1 atom stereocenters. The molecule has 1 aliphatic rings. The molecule has 1 unspecified atom stereocenters. The van der Waals surface area contributed by atoms with E-state index in [9.17, 15) is 5.26 Å². The van der Waals surface area contributed by atoms with Crippen LogP contribution in [0.25, 0.3) is 11.1 Å². The Morgan fingerprint density at radius 3 is 2.47 bits per heavy atom. The van der Waals surface area contributed by atoms with Gasteiger partial charge in [-0.05, 0) is 48.4 Å². The molecule has 0 radical (unpaired) electrons. The molecule has 1 saturated heterocycles. The van der Waals surface area contributed by atoms with Crippen molar-refractivity contribution in [1.29, 1.82) is 5.26 Å². The lowest BCUT2D eigenvalue weighted by atomic mass is 10.00. The minimum atomic E-state index is -0.272. The van der Waals surface area contributed by atoms with E-state index in [1.54, 1.807) is 12.1 Å². The summed E-state index contributed by atoms with van der Waals surface area (Å²) in [5.41, 5.74) is 9.27. The van der Waals surface area contributed by atoms with Gasteiger partial charge in [0, 0.05) is 31.3 Å². The molecular formula is C30H29N5O3. The smallest absolute Gasteiger partial charge is 0.224 e. The van der Waals surface area contributed by atoms with Gasteiger partial charge in [-0.1, -0.05) is 42.5 Å². The summed E-state index contributed by atoms with van der Waals surface area (Å²) >= 11 is 0. The first kappa shape index (κ1) is 25.2. The summed E-state index contributed by atoms with van der Waals surface area (Å²) < 4.78 is 17.8. The van der Waals surface area contributed by atoms with Gasteiger partial charge in [-0.2, -0.15) is 10.2 Å². The third-order valence-electron chi connectivity index (χ3n) is 6.29. The molecule has 192 valence electrons. The molecule has 5 rings (SSSR count). The van der Waals surface area contributed by atoms with E-state index in [0.717, 1.165) is 41.3 Å². The largest absolute Gasteiger partial charge is 0.484 e. The highest BCUT2D eigenvalue weighted by molar-refractivity contribution is 5.72. The molecule has 2 heterocycles. The number of nitrogens with two attached hydrogens (primary N) is 1. The molecule has 0 bridgehead atoms. The van der Waals surface area contributed by atoms with E-state index in [4.69, 9.17) is 19.9 Å². The van der Waals surface area contributed by atoms with E-state index in [0.29, 0.717) is 42.8 Å². The number of hydrogen-bond donors (Lipinski definition) is 1. The van der Waals surface area contributed by atoms with Crippen LogP contribution in [0.15, 0.2) is 78.9 Å². The zero-order chi connectivity index (χ0) is 26.3. The standard InChI is InChI=1S/C30H29N5O3/c1-21-33-29(35-13-15-36-16-14-35)18-30(34-21)38-27-17-22(19-31)7-12-26(27)23-8-10-24(11-9-23)28(20-32)37-25-5-3-2-4-6-25/h2-12,17-18,28H,13-16,20,32H2,1H3. The van der Waals surface area contributed by atoms with Crippen LogP contribution in [0.2, 0.25) is 0 Å². The molecule has 2 N–H and O–H groups in total. The van der Waals surface area contributed by atoms with Crippen LogP contribution in [-0.4, -0.2) is 42.8 Å². The van der Waals surface area contributed by atoms with E-state index < -0.39 is 0 Å². The number of ether oxygens (including phenoxy) is 3. The van der Waals surface area contributed by atoms with Gasteiger partial charge in [-0.15, -0.1) is 0 Å². The number of para-hydroxylation sites is 1. The highest BCUT2D eigenvalue weighted by atomic mass is 16.5. The Balaban J connectivity index is 1.42. The van der Waals surface area contributed by atoms with Gasteiger partial charge in [0.05, 0.1) is 24.8 Å². The third kappa shape index (κ3) is 5.92. The molecule has 1 aromatic heterocycles. The van der Waals surface area contributed by atoms with Gasteiger partial charge in [-0.3, -0.25) is 0 Å². The lowest BCUT2D eigenvalue weighted by molar-refractivity contribution is 0.122. The number of aromatic nitrogens is 2. The van der Waals surface area contributed by atoms with E-state index in [-0.39, 0.29) is 6.10 Å². The predicted molar refractivity (Wildman–Crippen MR) is 145 cm³/mol. The van der Waals surface area contributed by atoms with Gasteiger partial charge >= 0.3 is 0 Å². The van der Waals surface area contributed by atoms with E-state index >= 15 is 0 Å². The van der Waals surface area contributed by atoms with Crippen LogP contribution in [0.3, 0.4) is 0 Å². The van der Waals surface area contributed by atoms with Crippen molar-refractivity contribution in [3.05, 3.63) is 95.8 Å². The van der Waals surface area contributed by atoms with E-state index in [2.05, 4.69) is 20.9 Å². The predicted octanol–water partition coefficient (Wildman–Crippen LogP) is 5.03. The van der Waals surface area contributed by atoms with Crippen LogP contribution in [0.4, 0.5) is 5.82 Å². The maximum atomic E-state index is 9.52. The Bertz CT molecular complexity index is 1410. The van der Waals surface area contributed by atoms with Gasteiger partial charge in [0.1, 0.15) is 29.2 Å². The second kappa shape index (κ2) is 11.7. The second-order valence-electron chi connectivity index (χ2n) is 8.91. The first-order chi connectivity index (χ1) is 18.6. The molecule has 4 aromatic rings. The minimum absolute atomic E-state index is 0.272. The Hall–Kier alpha value is -4.45. The Labute approximate surface area is 222 Å². The van der Waals surface area contributed by atoms with Gasteiger partial charge in [-0.25, -0.2) is 4.98 Å². The third-order valence-corrected chi connectivity index (χ3v) is 6.29. The summed E-state index contributed by atoms with van der Waals surface area (Å²) in [5, 5.41) is 9.52. The average molecular weight is 508 g/mol. The summed E-state index contributed by atoms with van der Waals surface area (Å²) in [6.07, 6.45) is -0.272. The zero-order valence-electron chi connectivity index (χ0n) is 21.2. The average Bonchev–Trinajstić information content (AvgIpc) is 2.97. The van der Waals surface area contributed by atoms with Crippen LogP contribution in [0.5, 0.6) is 17.4 Å². The quantitative estimate of drug-likeness (QED) is 0.354. The summed E-state index contributed by atoms with van der Waals surface area (Å²) in [6.45, 7) is 5.02. The topological polar surface area (TPSA) is 107 Å². The molecule has 1 fully saturated rings. The number of nitrogens with zero attached hydrogens (tertiary/aromatic N) is 4. The van der Waals surface area contributed by atoms with Crippen LogP contribution < -0.4 is 20.1 Å². The fraction of sp³-hybridized carbons (Fsp3) is 0.233. The van der Waals surface area contributed by atoms with Gasteiger partial charge in [0.15, 0.2) is 0 Å². The number of aryl methyl sites for hydroxylation is 1. The highest BCUT2D eigenvalue weighted by Crippen LogP contribution is 2.35. The Kier molecular flexibility index (Phi) is 7.78. The van der Waals surface area contributed by atoms with Gasteiger partial charge in [0.2, 0.25) is 5.88 Å².